The molecule has 0 aromatic carbocycles. The normalized spacial score (nSPS) is 10.6. The van der Waals surface area contributed by atoms with Crippen molar-refractivity contribution in [2.75, 3.05) is 0 Å². The lowest BCUT2D eigenvalue weighted by atomic mass is 10.6. The zero-order valence-electron chi connectivity index (χ0n) is 7.44. The molecule has 0 amide bonds. The van der Waals surface area contributed by atoms with Crippen LogP contribution >= 0.6 is 35.0 Å². The van der Waals surface area contributed by atoms with Gasteiger partial charge in [-0.3, -0.25) is 0 Å². The Kier molecular flexibility index (Phi) is 3.08. The topological polar surface area (TPSA) is 64.7 Å². The standard InChI is InChI=1S/C7H4Cl2N4OS/c1-3-2-14-7(10-3)15-5-4(8)12-13-6(9)11-5/h2H,1H3. The lowest BCUT2D eigenvalue weighted by Crippen LogP contribution is -1.91. The molecule has 2 aromatic heterocycles. The number of hydrogen-bond acceptors (Lipinski definition) is 6. The zero-order valence-corrected chi connectivity index (χ0v) is 9.77. The van der Waals surface area contributed by atoms with E-state index in [0.29, 0.717) is 10.2 Å². The summed E-state index contributed by atoms with van der Waals surface area (Å²) >= 11 is 12.5. The quantitative estimate of drug-likeness (QED) is 0.829. The van der Waals surface area contributed by atoms with Crippen molar-refractivity contribution in [2.24, 2.45) is 0 Å². The third kappa shape index (κ3) is 2.58. The van der Waals surface area contributed by atoms with Gasteiger partial charge in [0.1, 0.15) is 11.3 Å². The highest BCUT2D eigenvalue weighted by Gasteiger charge is 2.11. The molecule has 0 radical (unpaired) electrons. The molecule has 0 aliphatic heterocycles. The van der Waals surface area contributed by atoms with Crippen molar-refractivity contribution in [3.8, 4) is 0 Å². The van der Waals surface area contributed by atoms with E-state index >= 15 is 0 Å². The van der Waals surface area contributed by atoms with Crippen LogP contribution in [0, 0.1) is 6.92 Å². The van der Waals surface area contributed by atoms with Crippen LogP contribution in [-0.4, -0.2) is 20.2 Å². The van der Waals surface area contributed by atoms with Crippen LogP contribution in [0.15, 0.2) is 20.9 Å². The molecule has 0 spiro atoms. The minimum Gasteiger partial charge on any atom is -0.439 e. The first-order valence-electron chi connectivity index (χ1n) is 3.81. The summed E-state index contributed by atoms with van der Waals surface area (Å²) < 4.78 is 5.13. The molecule has 15 heavy (non-hydrogen) atoms. The Morgan fingerprint density at radius 3 is 2.73 bits per heavy atom. The van der Waals surface area contributed by atoms with E-state index in [4.69, 9.17) is 27.6 Å². The van der Waals surface area contributed by atoms with Crippen molar-refractivity contribution < 1.29 is 4.42 Å². The fourth-order valence-electron chi connectivity index (χ4n) is 0.807. The predicted molar refractivity (Wildman–Crippen MR) is 55.2 cm³/mol. The second kappa shape index (κ2) is 4.34. The van der Waals surface area contributed by atoms with Gasteiger partial charge in [-0.25, -0.2) is 9.97 Å². The van der Waals surface area contributed by atoms with Crippen molar-refractivity contribution in [2.45, 2.75) is 17.2 Å². The molecule has 5 nitrogen and oxygen atoms in total. The molecule has 0 saturated carbocycles. The van der Waals surface area contributed by atoms with E-state index in [1.54, 1.807) is 0 Å². The van der Waals surface area contributed by atoms with Crippen molar-refractivity contribution in [1.29, 1.82) is 0 Å². The first-order chi connectivity index (χ1) is 7.15. The molecule has 78 valence electrons. The highest BCUT2D eigenvalue weighted by atomic mass is 35.5. The smallest absolute Gasteiger partial charge is 0.262 e. The third-order valence-electron chi connectivity index (χ3n) is 1.37. The maximum Gasteiger partial charge on any atom is 0.262 e. The Hall–Kier alpha value is -0.850. The van der Waals surface area contributed by atoms with Crippen molar-refractivity contribution in [3.63, 3.8) is 0 Å². The summed E-state index contributed by atoms with van der Waals surface area (Å²) in [5, 5.41) is 8.16. The van der Waals surface area contributed by atoms with Gasteiger partial charge in [0.2, 0.25) is 5.28 Å². The molecule has 2 aromatic rings. The van der Waals surface area contributed by atoms with Gasteiger partial charge in [-0.15, -0.1) is 10.2 Å². The SMILES string of the molecule is Cc1coc(Sc2nc(Cl)nnc2Cl)n1. The molecule has 8 heteroatoms. The fourth-order valence-corrected chi connectivity index (χ4v) is 1.88. The minimum atomic E-state index is 0.0326. The average Bonchev–Trinajstić information content (AvgIpc) is 2.58. The van der Waals surface area contributed by atoms with Gasteiger partial charge in [0.05, 0.1) is 5.69 Å². The van der Waals surface area contributed by atoms with Gasteiger partial charge in [0.25, 0.3) is 5.22 Å². The van der Waals surface area contributed by atoms with Gasteiger partial charge >= 0.3 is 0 Å². The lowest BCUT2D eigenvalue weighted by molar-refractivity contribution is 0.453. The number of nitrogens with zero attached hydrogens (tertiary/aromatic N) is 4. The molecule has 0 fully saturated rings. The Balaban J connectivity index is 2.27. The van der Waals surface area contributed by atoms with Crippen molar-refractivity contribution >= 4 is 35.0 Å². The summed E-state index contributed by atoms with van der Waals surface area (Å²) in [4.78, 5) is 7.98. The summed E-state index contributed by atoms with van der Waals surface area (Å²) in [6.07, 6.45) is 1.53. The molecule has 0 aliphatic rings. The Morgan fingerprint density at radius 1 is 1.27 bits per heavy atom. The van der Waals surface area contributed by atoms with Crippen molar-refractivity contribution in [1.82, 2.24) is 20.2 Å². The van der Waals surface area contributed by atoms with Crippen LogP contribution in [0.1, 0.15) is 5.69 Å². The lowest BCUT2D eigenvalue weighted by Gasteiger charge is -1.97. The van der Waals surface area contributed by atoms with Crippen LogP contribution in [0.25, 0.3) is 0 Å². The van der Waals surface area contributed by atoms with Crippen LogP contribution in [0.5, 0.6) is 0 Å². The second-order valence-corrected chi connectivity index (χ2v) is 4.17. The molecule has 2 heterocycles. The molecular weight excluding hydrogens is 259 g/mol. The van der Waals surface area contributed by atoms with Crippen molar-refractivity contribution in [3.05, 3.63) is 22.4 Å². The van der Waals surface area contributed by atoms with Gasteiger partial charge in [-0.1, -0.05) is 11.6 Å². The Bertz CT molecular complexity index is 490. The number of aromatic nitrogens is 4. The van der Waals surface area contributed by atoms with E-state index < -0.39 is 0 Å². The molecular formula is C7H4Cl2N4OS. The van der Waals surface area contributed by atoms with Crippen LogP contribution in [0.3, 0.4) is 0 Å². The first-order valence-corrected chi connectivity index (χ1v) is 5.38. The molecule has 0 saturated heterocycles. The Labute approximate surface area is 99.2 Å². The van der Waals surface area contributed by atoms with Gasteiger partial charge < -0.3 is 4.42 Å². The minimum absolute atomic E-state index is 0.0326. The number of hydrogen-bond donors (Lipinski definition) is 0. The van der Waals surface area contributed by atoms with Crippen LogP contribution in [0.2, 0.25) is 10.4 Å². The average molecular weight is 263 g/mol. The summed E-state index contributed by atoms with van der Waals surface area (Å²) in [6, 6.07) is 0. The number of aryl methyl sites for hydroxylation is 1. The van der Waals surface area contributed by atoms with Gasteiger partial charge in [0.15, 0.2) is 5.15 Å². The highest BCUT2D eigenvalue weighted by molar-refractivity contribution is 7.99. The van der Waals surface area contributed by atoms with E-state index in [2.05, 4.69) is 20.2 Å². The number of oxazole rings is 1. The second-order valence-electron chi connectivity index (χ2n) is 2.53. The third-order valence-corrected chi connectivity index (χ3v) is 2.74. The first kappa shape index (κ1) is 10.7. The summed E-state index contributed by atoms with van der Waals surface area (Å²) in [6.45, 7) is 1.82. The van der Waals surface area contributed by atoms with Gasteiger partial charge in [-0.05, 0) is 30.3 Å². The van der Waals surface area contributed by atoms with Crippen LogP contribution in [0.4, 0.5) is 0 Å². The Morgan fingerprint density at radius 2 is 2.07 bits per heavy atom. The summed E-state index contributed by atoms with van der Waals surface area (Å²) in [7, 11) is 0. The zero-order chi connectivity index (χ0) is 10.8. The molecule has 0 bridgehead atoms. The van der Waals surface area contributed by atoms with Crippen LogP contribution in [-0.2, 0) is 0 Å². The maximum absolute atomic E-state index is 5.77. The predicted octanol–water partition coefficient (Wildman–Crippen LogP) is 2.63. The van der Waals surface area contributed by atoms with E-state index in [1.807, 2.05) is 6.92 Å². The van der Waals surface area contributed by atoms with Crippen LogP contribution < -0.4 is 0 Å². The maximum atomic E-state index is 5.77. The number of halogens is 2. The highest BCUT2D eigenvalue weighted by Crippen LogP contribution is 2.29. The molecule has 0 aliphatic carbocycles. The van der Waals surface area contributed by atoms with E-state index in [0.717, 1.165) is 17.5 Å². The van der Waals surface area contributed by atoms with Gasteiger partial charge in [-0.2, -0.15) is 0 Å². The summed E-state index contributed by atoms with van der Waals surface area (Å²) in [5.74, 6) is 0. The van der Waals surface area contributed by atoms with E-state index in [1.165, 1.54) is 6.26 Å². The van der Waals surface area contributed by atoms with Gasteiger partial charge in [0, 0.05) is 0 Å². The molecule has 2 rings (SSSR count). The molecule has 0 N–H and O–H groups in total. The molecule has 0 unspecified atom stereocenters. The number of rotatable bonds is 2. The van der Waals surface area contributed by atoms with E-state index in [-0.39, 0.29) is 10.4 Å². The summed E-state index contributed by atoms with van der Waals surface area (Å²) in [5.41, 5.74) is 0.779. The fraction of sp³-hybridized carbons (Fsp3) is 0.143. The molecule has 0 atom stereocenters. The monoisotopic (exact) mass is 262 g/mol. The largest absolute Gasteiger partial charge is 0.439 e. The van der Waals surface area contributed by atoms with E-state index in [9.17, 15) is 0 Å².